The highest BCUT2D eigenvalue weighted by molar-refractivity contribution is 5.85. The lowest BCUT2D eigenvalue weighted by Crippen LogP contribution is -2.14. The molecule has 1 aliphatic rings. The Balaban J connectivity index is 1.45. The fraction of sp³-hybridized carbons (Fsp3) is 0.423. The third-order valence-corrected chi connectivity index (χ3v) is 5.59. The summed E-state index contributed by atoms with van der Waals surface area (Å²) in [5.41, 5.74) is 5.28. The van der Waals surface area contributed by atoms with Crippen LogP contribution >= 0.6 is 0 Å². The van der Waals surface area contributed by atoms with Gasteiger partial charge >= 0.3 is 5.97 Å². The lowest BCUT2D eigenvalue weighted by molar-refractivity contribution is -0.148. The summed E-state index contributed by atoms with van der Waals surface area (Å²) in [7, 11) is 0. The molecule has 0 spiro atoms. The molecule has 0 saturated carbocycles. The SMILES string of the molecule is CCC(C)C(=O)OCCCCCOc1cccc2c1CCC(c1ccccc1)=C2. The fourth-order valence-corrected chi connectivity index (χ4v) is 3.56. The third-order valence-electron chi connectivity index (χ3n) is 5.59. The standard InChI is InChI=1S/C26H32O3/c1-3-20(2)26(27)29-18-9-5-8-17-28-25-14-10-13-23-19-22(15-16-24(23)25)21-11-6-4-7-12-21/h4,6-7,10-14,19-20H,3,5,8-9,15-18H2,1-2H3. The van der Waals surface area contributed by atoms with Crippen molar-refractivity contribution in [3.8, 4) is 5.75 Å². The van der Waals surface area contributed by atoms with Gasteiger partial charge < -0.3 is 9.47 Å². The minimum Gasteiger partial charge on any atom is -0.493 e. The summed E-state index contributed by atoms with van der Waals surface area (Å²) in [6.07, 6.45) is 8.04. The second-order valence-corrected chi connectivity index (χ2v) is 7.75. The van der Waals surface area contributed by atoms with Gasteiger partial charge in [0.05, 0.1) is 19.1 Å². The van der Waals surface area contributed by atoms with Crippen molar-refractivity contribution in [1.82, 2.24) is 0 Å². The van der Waals surface area contributed by atoms with Crippen LogP contribution in [0.2, 0.25) is 0 Å². The minimum absolute atomic E-state index is 0.000882. The molecule has 0 aliphatic heterocycles. The third kappa shape index (κ3) is 5.96. The lowest BCUT2D eigenvalue weighted by atomic mass is 9.88. The number of carbonyl (C=O) groups excluding carboxylic acids is 1. The van der Waals surface area contributed by atoms with Gasteiger partial charge in [0.2, 0.25) is 0 Å². The number of unbranched alkanes of at least 4 members (excludes halogenated alkanes) is 2. The Morgan fingerprint density at radius 1 is 0.966 bits per heavy atom. The monoisotopic (exact) mass is 392 g/mol. The predicted molar refractivity (Wildman–Crippen MR) is 119 cm³/mol. The summed E-state index contributed by atoms with van der Waals surface area (Å²) < 4.78 is 11.4. The van der Waals surface area contributed by atoms with E-state index in [9.17, 15) is 4.79 Å². The molecule has 0 aromatic heterocycles. The maximum Gasteiger partial charge on any atom is 0.308 e. The molecule has 2 aromatic rings. The fourth-order valence-electron chi connectivity index (χ4n) is 3.56. The quantitative estimate of drug-likeness (QED) is 0.351. The number of esters is 1. The van der Waals surface area contributed by atoms with Gasteiger partial charge in [-0.15, -0.1) is 0 Å². The summed E-state index contributed by atoms with van der Waals surface area (Å²) in [6, 6.07) is 16.9. The Labute approximate surface area is 174 Å². The molecule has 154 valence electrons. The van der Waals surface area contributed by atoms with Gasteiger partial charge in [0.25, 0.3) is 0 Å². The molecule has 0 heterocycles. The normalized spacial score (nSPS) is 13.9. The molecule has 0 fully saturated rings. The summed E-state index contributed by atoms with van der Waals surface area (Å²) in [6.45, 7) is 5.13. The topological polar surface area (TPSA) is 35.5 Å². The van der Waals surface area contributed by atoms with Gasteiger partial charge in [-0.25, -0.2) is 0 Å². The lowest BCUT2D eigenvalue weighted by Gasteiger charge is -2.20. The van der Waals surface area contributed by atoms with Crippen LogP contribution in [-0.2, 0) is 16.0 Å². The first-order chi connectivity index (χ1) is 14.2. The van der Waals surface area contributed by atoms with Crippen molar-refractivity contribution in [3.05, 3.63) is 65.2 Å². The Kier molecular flexibility index (Phi) is 7.92. The largest absolute Gasteiger partial charge is 0.493 e. The van der Waals surface area contributed by atoms with E-state index in [4.69, 9.17) is 9.47 Å². The molecule has 29 heavy (non-hydrogen) atoms. The van der Waals surface area contributed by atoms with Gasteiger partial charge in [0.1, 0.15) is 5.75 Å². The molecule has 0 N–H and O–H groups in total. The Bertz CT molecular complexity index is 823. The number of hydrogen-bond donors (Lipinski definition) is 0. The van der Waals surface area contributed by atoms with Gasteiger partial charge in [-0.3, -0.25) is 4.79 Å². The molecule has 2 aromatic carbocycles. The highest BCUT2D eigenvalue weighted by atomic mass is 16.5. The van der Waals surface area contributed by atoms with E-state index in [1.54, 1.807) is 0 Å². The number of ether oxygens (including phenoxy) is 2. The van der Waals surface area contributed by atoms with Gasteiger partial charge in [-0.05, 0) is 61.3 Å². The van der Waals surface area contributed by atoms with Crippen molar-refractivity contribution in [3.63, 3.8) is 0 Å². The first kappa shape index (κ1) is 21.2. The summed E-state index contributed by atoms with van der Waals surface area (Å²) >= 11 is 0. The van der Waals surface area contributed by atoms with E-state index in [-0.39, 0.29) is 11.9 Å². The smallest absolute Gasteiger partial charge is 0.308 e. The average Bonchev–Trinajstić information content (AvgIpc) is 2.78. The van der Waals surface area contributed by atoms with E-state index in [1.807, 2.05) is 13.8 Å². The molecule has 0 saturated heterocycles. The van der Waals surface area contributed by atoms with Crippen LogP contribution in [0.4, 0.5) is 0 Å². The van der Waals surface area contributed by atoms with Crippen LogP contribution in [0.5, 0.6) is 5.75 Å². The van der Waals surface area contributed by atoms with Crippen LogP contribution in [-0.4, -0.2) is 19.2 Å². The van der Waals surface area contributed by atoms with Gasteiger partial charge in [-0.2, -0.15) is 0 Å². The molecule has 0 amide bonds. The van der Waals surface area contributed by atoms with E-state index < -0.39 is 0 Å². The number of benzene rings is 2. The molecule has 3 nitrogen and oxygen atoms in total. The van der Waals surface area contributed by atoms with Gasteiger partial charge in [-0.1, -0.05) is 62.4 Å². The van der Waals surface area contributed by atoms with Crippen molar-refractivity contribution in [2.75, 3.05) is 13.2 Å². The number of hydrogen-bond acceptors (Lipinski definition) is 3. The van der Waals surface area contributed by atoms with Crippen LogP contribution in [0.15, 0.2) is 48.5 Å². The van der Waals surface area contributed by atoms with Crippen LogP contribution in [0.3, 0.4) is 0 Å². The average molecular weight is 393 g/mol. The maximum absolute atomic E-state index is 11.6. The van der Waals surface area contributed by atoms with Crippen LogP contribution in [0.25, 0.3) is 11.6 Å². The molecular formula is C26H32O3. The molecule has 0 radical (unpaired) electrons. The minimum atomic E-state index is -0.0809. The van der Waals surface area contributed by atoms with E-state index in [0.717, 1.165) is 44.3 Å². The molecule has 1 aliphatic carbocycles. The van der Waals surface area contributed by atoms with Crippen LogP contribution < -0.4 is 4.74 Å². The first-order valence-electron chi connectivity index (χ1n) is 10.9. The van der Waals surface area contributed by atoms with Crippen molar-refractivity contribution in [2.45, 2.75) is 52.4 Å². The molecule has 3 heteroatoms. The van der Waals surface area contributed by atoms with E-state index >= 15 is 0 Å². The van der Waals surface area contributed by atoms with Crippen LogP contribution in [0, 0.1) is 5.92 Å². The Hall–Kier alpha value is -2.55. The number of rotatable bonds is 10. The molecular weight excluding hydrogens is 360 g/mol. The van der Waals surface area contributed by atoms with Gasteiger partial charge in [0.15, 0.2) is 0 Å². The second kappa shape index (κ2) is 10.8. The Morgan fingerprint density at radius 3 is 2.55 bits per heavy atom. The molecule has 1 atom stereocenters. The predicted octanol–water partition coefficient (Wildman–Crippen LogP) is 6.31. The molecule has 1 unspecified atom stereocenters. The summed E-state index contributed by atoms with van der Waals surface area (Å²) in [5.74, 6) is 0.927. The van der Waals surface area contributed by atoms with E-state index in [0.29, 0.717) is 13.2 Å². The zero-order valence-electron chi connectivity index (χ0n) is 17.7. The molecule has 0 bridgehead atoms. The second-order valence-electron chi connectivity index (χ2n) is 7.75. The van der Waals surface area contributed by atoms with Crippen molar-refractivity contribution in [2.24, 2.45) is 5.92 Å². The number of carbonyl (C=O) groups is 1. The number of allylic oxidation sites excluding steroid dienone is 1. The van der Waals surface area contributed by atoms with E-state index in [1.165, 1.54) is 22.3 Å². The number of fused-ring (bicyclic) bond motifs is 1. The summed E-state index contributed by atoms with van der Waals surface area (Å²) in [4.78, 5) is 11.6. The molecule has 3 rings (SSSR count). The van der Waals surface area contributed by atoms with Gasteiger partial charge in [0, 0.05) is 5.56 Å². The highest BCUT2D eigenvalue weighted by Gasteiger charge is 2.16. The Morgan fingerprint density at radius 2 is 1.76 bits per heavy atom. The van der Waals surface area contributed by atoms with Crippen LogP contribution in [0.1, 0.15) is 62.6 Å². The van der Waals surface area contributed by atoms with E-state index in [2.05, 4.69) is 54.6 Å². The summed E-state index contributed by atoms with van der Waals surface area (Å²) in [5, 5.41) is 0. The maximum atomic E-state index is 11.6. The zero-order valence-corrected chi connectivity index (χ0v) is 17.7. The van der Waals surface area contributed by atoms with Crippen molar-refractivity contribution in [1.29, 1.82) is 0 Å². The zero-order chi connectivity index (χ0) is 20.5. The van der Waals surface area contributed by atoms with Crippen molar-refractivity contribution >= 4 is 17.6 Å². The highest BCUT2D eigenvalue weighted by Crippen LogP contribution is 2.35. The van der Waals surface area contributed by atoms with Crippen molar-refractivity contribution < 1.29 is 14.3 Å². The first-order valence-corrected chi connectivity index (χ1v) is 10.9.